The minimum absolute atomic E-state index is 0.0381. The molecule has 2 atom stereocenters. The summed E-state index contributed by atoms with van der Waals surface area (Å²) in [7, 11) is 3.56. The van der Waals surface area contributed by atoms with Crippen LogP contribution >= 0.6 is 0 Å². The summed E-state index contributed by atoms with van der Waals surface area (Å²) in [6.45, 7) is 10.8. The van der Waals surface area contributed by atoms with Gasteiger partial charge in [-0.05, 0) is 32.4 Å². The van der Waals surface area contributed by atoms with Gasteiger partial charge in [0.05, 0.1) is 24.1 Å². The van der Waals surface area contributed by atoms with Crippen LogP contribution < -0.4 is 10.3 Å². The first-order chi connectivity index (χ1) is 13.9. The average Bonchev–Trinajstić information content (AvgIpc) is 2.85. The molecule has 29 heavy (non-hydrogen) atoms. The molecule has 160 valence electrons. The minimum Gasteiger partial charge on any atom is -0.494 e. The van der Waals surface area contributed by atoms with Crippen LogP contribution in [0.3, 0.4) is 0 Å². The second-order valence-electron chi connectivity index (χ2n) is 8.19. The predicted octanol–water partition coefficient (Wildman–Crippen LogP) is 3.29. The van der Waals surface area contributed by atoms with Gasteiger partial charge >= 0.3 is 0 Å². The predicted molar refractivity (Wildman–Crippen MR) is 114 cm³/mol. The first kappa shape index (κ1) is 21.7. The molecular weight excluding hydrogens is 371 g/mol. The number of aromatic nitrogens is 2. The number of methoxy groups -OCH3 is 1. The van der Waals surface area contributed by atoms with Gasteiger partial charge in [0.25, 0.3) is 5.56 Å². The van der Waals surface area contributed by atoms with E-state index in [9.17, 15) is 9.18 Å². The van der Waals surface area contributed by atoms with Gasteiger partial charge in [-0.1, -0.05) is 20.3 Å². The van der Waals surface area contributed by atoms with Crippen molar-refractivity contribution in [1.29, 1.82) is 0 Å². The fourth-order valence-electron chi connectivity index (χ4n) is 4.46. The molecule has 2 heterocycles. The van der Waals surface area contributed by atoms with Crippen LogP contribution in [0.5, 0.6) is 5.75 Å². The molecule has 1 fully saturated rings. The van der Waals surface area contributed by atoms with Crippen LogP contribution in [-0.2, 0) is 6.54 Å². The number of hydrogen-bond donors (Lipinski definition) is 0. The third-order valence-corrected chi connectivity index (χ3v) is 5.81. The summed E-state index contributed by atoms with van der Waals surface area (Å²) in [5, 5.41) is 0.396. The Labute approximate surface area is 172 Å². The zero-order valence-electron chi connectivity index (χ0n) is 18.2. The van der Waals surface area contributed by atoms with Gasteiger partial charge in [-0.2, -0.15) is 0 Å². The average molecular weight is 405 g/mol. The highest BCUT2D eigenvalue weighted by Crippen LogP contribution is 2.29. The van der Waals surface area contributed by atoms with Crippen LogP contribution in [0.4, 0.5) is 4.39 Å². The fourth-order valence-corrected chi connectivity index (χ4v) is 4.46. The van der Waals surface area contributed by atoms with Crippen LogP contribution in [0.25, 0.3) is 10.9 Å². The summed E-state index contributed by atoms with van der Waals surface area (Å²) < 4.78 is 21.1. The van der Waals surface area contributed by atoms with E-state index in [2.05, 4.69) is 30.7 Å². The van der Waals surface area contributed by atoms with Crippen LogP contribution in [0.1, 0.15) is 45.5 Å². The molecule has 1 aliphatic heterocycles. The van der Waals surface area contributed by atoms with Crippen LogP contribution in [-0.4, -0.2) is 59.7 Å². The van der Waals surface area contributed by atoms with E-state index in [4.69, 9.17) is 9.72 Å². The molecule has 1 aromatic heterocycles. The fraction of sp³-hybridized carbons (Fsp3) is 0.636. The number of halogens is 1. The SMILES string of the molecule is CCCC(c1nc2cc(F)c(OC)cc2c(=O)n1CC)N1CCN(C)C[C@@H](C)C1. The highest BCUT2D eigenvalue weighted by atomic mass is 19.1. The molecule has 0 saturated carbocycles. The molecule has 1 unspecified atom stereocenters. The Bertz CT molecular complexity index is 914. The largest absolute Gasteiger partial charge is 0.494 e. The number of nitrogens with zero attached hydrogens (tertiary/aromatic N) is 4. The van der Waals surface area contributed by atoms with Gasteiger partial charge in [0.1, 0.15) is 5.82 Å². The summed E-state index contributed by atoms with van der Waals surface area (Å²) >= 11 is 0. The van der Waals surface area contributed by atoms with Gasteiger partial charge in [0.15, 0.2) is 11.6 Å². The van der Waals surface area contributed by atoms with Crippen LogP contribution in [0.2, 0.25) is 0 Å². The highest BCUT2D eigenvalue weighted by molar-refractivity contribution is 5.79. The van der Waals surface area contributed by atoms with Gasteiger partial charge in [-0.25, -0.2) is 9.37 Å². The number of benzene rings is 1. The van der Waals surface area contributed by atoms with E-state index in [1.807, 2.05) is 6.92 Å². The minimum atomic E-state index is -0.496. The molecule has 1 aromatic carbocycles. The van der Waals surface area contributed by atoms with E-state index >= 15 is 0 Å². The van der Waals surface area contributed by atoms with Gasteiger partial charge in [-0.3, -0.25) is 14.3 Å². The normalized spacial score (nSPS) is 20.0. The second-order valence-corrected chi connectivity index (χ2v) is 8.19. The first-order valence-electron chi connectivity index (χ1n) is 10.6. The molecule has 0 aliphatic carbocycles. The lowest BCUT2D eigenvalue weighted by molar-refractivity contribution is 0.167. The molecular formula is C22H33FN4O2. The van der Waals surface area contributed by atoms with Crippen molar-refractivity contribution in [2.45, 2.75) is 46.2 Å². The lowest BCUT2D eigenvalue weighted by Gasteiger charge is -2.32. The van der Waals surface area contributed by atoms with Crippen molar-refractivity contribution in [2.24, 2.45) is 5.92 Å². The van der Waals surface area contributed by atoms with E-state index in [0.717, 1.165) is 44.8 Å². The highest BCUT2D eigenvalue weighted by Gasteiger charge is 2.29. The quantitative estimate of drug-likeness (QED) is 0.740. The van der Waals surface area contributed by atoms with Crippen molar-refractivity contribution >= 4 is 10.9 Å². The van der Waals surface area contributed by atoms with Crippen molar-refractivity contribution in [3.63, 3.8) is 0 Å². The molecule has 0 radical (unpaired) electrons. The van der Waals surface area contributed by atoms with Crippen LogP contribution in [0.15, 0.2) is 16.9 Å². The van der Waals surface area contributed by atoms with Crippen molar-refractivity contribution in [3.05, 3.63) is 34.1 Å². The Morgan fingerprint density at radius 1 is 1.28 bits per heavy atom. The molecule has 1 saturated heterocycles. The van der Waals surface area contributed by atoms with Gasteiger partial charge in [0, 0.05) is 38.8 Å². The molecule has 0 N–H and O–H groups in total. The zero-order valence-corrected chi connectivity index (χ0v) is 18.2. The summed E-state index contributed by atoms with van der Waals surface area (Å²) in [6.07, 6.45) is 1.90. The lowest BCUT2D eigenvalue weighted by Crippen LogP contribution is -2.38. The Balaban J connectivity index is 2.14. The van der Waals surface area contributed by atoms with Crippen molar-refractivity contribution in [3.8, 4) is 5.75 Å². The lowest BCUT2D eigenvalue weighted by atomic mass is 10.1. The number of fused-ring (bicyclic) bond motifs is 1. The van der Waals surface area contributed by atoms with E-state index in [-0.39, 0.29) is 17.4 Å². The van der Waals surface area contributed by atoms with Gasteiger partial charge in [0.2, 0.25) is 0 Å². The van der Waals surface area contributed by atoms with Crippen molar-refractivity contribution in [2.75, 3.05) is 40.3 Å². The van der Waals surface area contributed by atoms with E-state index in [1.165, 1.54) is 19.2 Å². The van der Waals surface area contributed by atoms with Crippen molar-refractivity contribution in [1.82, 2.24) is 19.4 Å². The van der Waals surface area contributed by atoms with Gasteiger partial charge in [-0.15, -0.1) is 0 Å². The number of ether oxygens (including phenoxy) is 1. The van der Waals surface area contributed by atoms with E-state index in [0.29, 0.717) is 23.4 Å². The number of rotatable bonds is 6. The maximum atomic E-state index is 14.3. The number of likely N-dealkylation sites (N-methyl/N-ethyl adjacent to an activating group) is 1. The topological polar surface area (TPSA) is 50.6 Å². The van der Waals surface area contributed by atoms with Gasteiger partial charge < -0.3 is 9.64 Å². The monoisotopic (exact) mass is 404 g/mol. The number of hydrogen-bond acceptors (Lipinski definition) is 5. The molecule has 2 aromatic rings. The summed E-state index contributed by atoms with van der Waals surface area (Å²) in [5.74, 6) is 0.851. The first-order valence-corrected chi connectivity index (χ1v) is 10.6. The third kappa shape index (κ3) is 4.46. The molecule has 0 spiro atoms. The van der Waals surface area contributed by atoms with E-state index in [1.54, 1.807) is 4.57 Å². The van der Waals surface area contributed by atoms with Crippen LogP contribution in [0, 0.1) is 11.7 Å². The Morgan fingerprint density at radius 3 is 2.69 bits per heavy atom. The summed E-state index contributed by atoms with van der Waals surface area (Å²) in [5.41, 5.74) is 0.265. The molecule has 3 rings (SSSR count). The third-order valence-electron chi connectivity index (χ3n) is 5.81. The smallest absolute Gasteiger partial charge is 0.261 e. The summed E-state index contributed by atoms with van der Waals surface area (Å²) in [6, 6.07) is 2.82. The second kappa shape index (κ2) is 9.22. The molecule has 6 nitrogen and oxygen atoms in total. The Hall–Kier alpha value is -1.99. The molecule has 0 amide bonds. The maximum Gasteiger partial charge on any atom is 0.261 e. The molecule has 0 bridgehead atoms. The molecule has 7 heteroatoms. The maximum absolute atomic E-state index is 14.3. The summed E-state index contributed by atoms with van der Waals surface area (Å²) in [4.78, 5) is 22.9. The zero-order chi connectivity index (χ0) is 21.1. The van der Waals surface area contributed by atoms with Crippen molar-refractivity contribution < 1.29 is 9.13 Å². The Kier molecular flexibility index (Phi) is 6.90. The molecule has 1 aliphatic rings. The standard InChI is InChI=1S/C22H33FN4O2/c1-6-8-19(26-10-9-25(4)13-15(3)14-26)21-24-18-12-17(23)20(29-5)11-16(18)22(28)27(21)7-2/h11-12,15,19H,6-10,13-14H2,1-5H3/t15-,19?/m1/s1. The van der Waals surface area contributed by atoms with E-state index < -0.39 is 5.82 Å². The Morgan fingerprint density at radius 2 is 2.03 bits per heavy atom.